The van der Waals surface area contributed by atoms with Gasteiger partial charge in [-0.1, -0.05) is 13.0 Å². The van der Waals surface area contributed by atoms with Gasteiger partial charge in [0.15, 0.2) is 11.6 Å². The van der Waals surface area contributed by atoms with Gasteiger partial charge in [0, 0.05) is 13.1 Å². The first-order valence-electron chi connectivity index (χ1n) is 10.2. The number of phenols is 1. The van der Waals surface area contributed by atoms with Crippen molar-refractivity contribution in [2.75, 3.05) is 19.6 Å². The van der Waals surface area contributed by atoms with Crippen LogP contribution in [0.5, 0.6) is 5.75 Å². The quantitative estimate of drug-likeness (QED) is 0.593. The Morgan fingerprint density at radius 2 is 2.07 bits per heavy atom. The molecule has 2 amide bonds. The molecule has 1 saturated carbocycles. The van der Waals surface area contributed by atoms with Crippen LogP contribution in [0.15, 0.2) is 12.1 Å². The lowest BCUT2D eigenvalue weighted by molar-refractivity contribution is -0.117. The number of nitrogens with two attached hydrogens (primary N) is 1. The zero-order valence-corrected chi connectivity index (χ0v) is 16.4. The number of primary amides is 1. The van der Waals surface area contributed by atoms with Crippen molar-refractivity contribution in [3.05, 3.63) is 29.1 Å². The Kier molecular flexibility index (Phi) is 6.54. The molecule has 4 N–H and O–H groups in total. The van der Waals surface area contributed by atoms with E-state index in [4.69, 9.17) is 5.73 Å². The summed E-state index contributed by atoms with van der Waals surface area (Å²) in [6.07, 6.45) is 5.41. The molecule has 6 nitrogen and oxygen atoms in total. The molecule has 0 aromatic heterocycles. The standard InChI is InChI=1S/C21H30FN3O3/c1-13(8-9-24-10-18(23)27)15-4-2-14(3-5-15)11-25-12-16-6-7-17(26)20(22)19(16)21(25)28/h6-7,13-15,24,26H,2-5,8-12H2,1H3,(H2,23,27). The van der Waals surface area contributed by atoms with E-state index < -0.39 is 11.6 Å². The molecule has 0 spiro atoms. The van der Waals surface area contributed by atoms with Crippen molar-refractivity contribution in [3.8, 4) is 5.75 Å². The van der Waals surface area contributed by atoms with Gasteiger partial charge in [-0.15, -0.1) is 0 Å². The number of hydrogen-bond acceptors (Lipinski definition) is 4. The summed E-state index contributed by atoms with van der Waals surface area (Å²) in [5.41, 5.74) is 5.82. The molecule has 1 aromatic rings. The zero-order valence-electron chi connectivity index (χ0n) is 16.4. The van der Waals surface area contributed by atoms with Crippen LogP contribution < -0.4 is 11.1 Å². The zero-order chi connectivity index (χ0) is 20.3. The van der Waals surface area contributed by atoms with E-state index in [1.807, 2.05) is 0 Å². The lowest BCUT2D eigenvalue weighted by Gasteiger charge is -2.34. The number of fused-ring (bicyclic) bond motifs is 1. The molecule has 1 atom stereocenters. The minimum Gasteiger partial charge on any atom is -0.505 e. The predicted molar refractivity (Wildman–Crippen MR) is 104 cm³/mol. The highest BCUT2D eigenvalue weighted by Gasteiger charge is 2.34. The first-order valence-corrected chi connectivity index (χ1v) is 10.2. The molecule has 1 aromatic carbocycles. The summed E-state index contributed by atoms with van der Waals surface area (Å²) in [6.45, 7) is 4.35. The smallest absolute Gasteiger partial charge is 0.257 e. The molecular formula is C21H30FN3O3. The van der Waals surface area contributed by atoms with Crippen LogP contribution in [-0.2, 0) is 11.3 Å². The van der Waals surface area contributed by atoms with Gasteiger partial charge in [0.05, 0.1) is 12.1 Å². The van der Waals surface area contributed by atoms with E-state index in [-0.39, 0.29) is 23.9 Å². The maximum atomic E-state index is 14.1. The molecule has 154 valence electrons. The van der Waals surface area contributed by atoms with Crippen LogP contribution in [0.3, 0.4) is 0 Å². The van der Waals surface area contributed by atoms with E-state index in [1.54, 1.807) is 11.0 Å². The lowest BCUT2D eigenvalue weighted by Crippen LogP contribution is -2.33. The minimum absolute atomic E-state index is 0.0331. The van der Waals surface area contributed by atoms with E-state index in [9.17, 15) is 19.1 Å². The molecule has 0 saturated heterocycles. The van der Waals surface area contributed by atoms with Gasteiger partial charge in [-0.25, -0.2) is 4.39 Å². The number of nitrogens with zero attached hydrogens (tertiary/aromatic N) is 1. The number of hydrogen-bond donors (Lipinski definition) is 3. The summed E-state index contributed by atoms with van der Waals surface area (Å²) < 4.78 is 14.1. The first-order chi connectivity index (χ1) is 13.4. The van der Waals surface area contributed by atoms with Crippen molar-refractivity contribution < 1.29 is 19.1 Å². The van der Waals surface area contributed by atoms with Crippen molar-refractivity contribution in [1.29, 1.82) is 0 Å². The molecule has 7 heteroatoms. The van der Waals surface area contributed by atoms with Gasteiger partial charge in [0.25, 0.3) is 5.91 Å². The predicted octanol–water partition coefficient (Wildman–Crippen LogP) is 2.39. The largest absolute Gasteiger partial charge is 0.505 e. The minimum atomic E-state index is -0.799. The van der Waals surface area contributed by atoms with E-state index in [0.717, 1.165) is 38.6 Å². The number of rotatable bonds is 8. The third kappa shape index (κ3) is 4.63. The average Bonchev–Trinajstić information content (AvgIpc) is 2.98. The summed E-state index contributed by atoms with van der Waals surface area (Å²) in [5, 5.41) is 12.6. The highest BCUT2D eigenvalue weighted by molar-refractivity contribution is 5.99. The monoisotopic (exact) mass is 391 g/mol. The van der Waals surface area contributed by atoms with Crippen molar-refractivity contribution in [2.24, 2.45) is 23.5 Å². The highest BCUT2D eigenvalue weighted by Crippen LogP contribution is 2.37. The van der Waals surface area contributed by atoms with Gasteiger partial charge in [-0.05, 0) is 68.0 Å². The summed E-state index contributed by atoms with van der Waals surface area (Å²) >= 11 is 0. The number of halogens is 1. The molecule has 28 heavy (non-hydrogen) atoms. The lowest BCUT2D eigenvalue weighted by atomic mass is 9.75. The number of carbonyl (C=O) groups excluding carboxylic acids is 2. The molecular weight excluding hydrogens is 361 g/mol. The Morgan fingerprint density at radius 1 is 1.36 bits per heavy atom. The SMILES string of the molecule is CC(CCNCC(N)=O)C1CCC(CN2Cc3ccc(O)c(F)c3C2=O)CC1. The molecule has 2 aliphatic rings. The number of carbonyl (C=O) groups is 2. The number of phenolic OH excluding ortho intramolecular Hbond substituents is 1. The van der Waals surface area contributed by atoms with Crippen LogP contribution in [0.25, 0.3) is 0 Å². The molecule has 3 rings (SSSR count). The number of benzene rings is 1. The van der Waals surface area contributed by atoms with E-state index in [1.165, 1.54) is 6.07 Å². The van der Waals surface area contributed by atoms with Gasteiger partial charge in [0.1, 0.15) is 0 Å². The average molecular weight is 391 g/mol. The fourth-order valence-corrected chi connectivity index (χ4v) is 4.58. The number of amides is 2. The fourth-order valence-electron chi connectivity index (χ4n) is 4.58. The van der Waals surface area contributed by atoms with Crippen molar-refractivity contribution >= 4 is 11.8 Å². The molecule has 1 fully saturated rings. The Labute approximate surface area is 165 Å². The topological polar surface area (TPSA) is 95.7 Å². The normalized spacial score (nSPS) is 22.9. The van der Waals surface area contributed by atoms with Crippen molar-refractivity contribution in [1.82, 2.24) is 10.2 Å². The van der Waals surface area contributed by atoms with Crippen LogP contribution in [0.1, 0.15) is 54.9 Å². The molecule has 0 radical (unpaired) electrons. The molecule has 1 aliphatic heterocycles. The number of nitrogens with one attached hydrogen (secondary N) is 1. The Balaban J connectivity index is 1.44. The fraction of sp³-hybridized carbons (Fsp3) is 0.619. The van der Waals surface area contributed by atoms with E-state index >= 15 is 0 Å². The summed E-state index contributed by atoms with van der Waals surface area (Å²) in [4.78, 5) is 25.0. The summed E-state index contributed by atoms with van der Waals surface area (Å²) in [7, 11) is 0. The molecule has 1 heterocycles. The Hall–Kier alpha value is -2.15. The van der Waals surface area contributed by atoms with E-state index in [0.29, 0.717) is 36.4 Å². The molecule has 0 bridgehead atoms. The van der Waals surface area contributed by atoms with Gasteiger partial charge in [-0.2, -0.15) is 0 Å². The van der Waals surface area contributed by atoms with Gasteiger partial charge in [0.2, 0.25) is 5.91 Å². The van der Waals surface area contributed by atoms with Crippen molar-refractivity contribution in [2.45, 2.75) is 45.6 Å². The van der Waals surface area contributed by atoms with Gasteiger partial charge >= 0.3 is 0 Å². The second kappa shape index (κ2) is 8.90. The maximum absolute atomic E-state index is 14.1. The second-order valence-corrected chi connectivity index (χ2v) is 8.31. The van der Waals surface area contributed by atoms with Crippen LogP contribution >= 0.6 is 0 Å². The summed E-state index contributed by atoms with van der Waals surface area (Å²) in [5.74, 6) is -0.225. The third-order valence-corrected chi connectivity index (χ3v) is 6.32. The summed E-state index contributed by atoms with van der Waals surface area (Å²) in [6, 6.07) is 2.95. The van der Waals surface area contributed by atoms with Crippen LogP contribution in [0.2, 0.25) is 0 Å². The highest BCUT2D eigenvalue weighted by atomic mass is 19.1. The first kappa shape index (κ1) is 20.6. The second-order valence-electron chi connectivity index (χ2n) is 8.31. The van der Waals surface area contributed by atoms with Crippen molar-refractivity contribution in [3.63, 3.8) is 0 Å². The van der Waals surface area contributed by atoms with Crippen LogP contribution in [-0.4, -0.2) is 41.5 Å². The Bertz CT molecular complexity index is 732. The molecule has 1 aliphatic carbocycles. The number of aromatic hydroxyl groups is 1. The van der Waals surface area contributed by atoms with E-state index in [2.05, 4.69) is 12.2 Å². The third-order valence-electron chi connectivity index (χ3n) is 6.32. The Morgan fingerprint density at radius 3 is 2.75 bits per heavy atom. The van der Waals surface area contributed by atoms with Crippen LogP contribution in [0, 0.1) is 23.6 Å². The van der Waals surface area contributed by atoms with Gasteiger partial charge < -0.3 is 21.1 Å². The van der Waals surface area contributed by atoms with Gasteiger partial charge in [-0.3, -0.25) is 9.59 Å². The maximum Gasteiger partial charge on any atom is 0.257 e. The molecule has 1 unspecified atom stereocenters. The van der Waals surface area contributed by atoms with Crippen LogP contribution in [0.4, 0.5) is 4.39 Å².